The number of rotatable bonds is 6. The van der Waals surface area contributed by atoms with Gasteiger partial charge in [0.2, 0.25) is 4.80 Å². The fourth-order valence-corrected chi connectivity index (χ4v) is 3.67. The van der Waals surface area contributed by atoms with Crippen LogP contribution in [0.4, 0.5) is 0 Å². The Hall–Kier alpha value is -1.96. The first kappa shape index (κ1) is 15.9. The van der Waals surface area contributed by atoms with E-state index < -0.39 is 0 Å². The molecule has 3 aromatic heterocycles. The van der Waals surface area contributed by atoms with Crippen molar-refractivity contribution in [2.24, 2.45) is 10.1 Å². The van der Waals surface area contributed by atoms with Crippen LogP contribution in [0.1, 0.15) is 12.7 Å². The third-order valence-corrected chi connectivity index (χ3v) is 4.88. The molecule has 0 radical (unpaired) electrons. The SMILES string of the molecule is COCCN=c1scc(-c2cccs2)n1N=C(C)c1ccco1. The summed E-state index contributed by atoms with van der Waals surface area (Å²) in [5.74, 6) is 0.753. The van der Waals surface area contributed by atoms with Gasteiger partial charge in [0.25, 0.3) is 0 Å². The summed E-state index contributed by atoms with van der Waals surface area (Å²) >= 11 is 3.26. The maximum atomic E-state index is 5.42. The van der Waals surface area contributed by atoms with Crippen LogP contribution in [0.2, 0.25) is 0 Å². The van der Waals surface area contributed by atoms with Gasteiger partial charge in [-0.3, -0.25) is 4.99 Å². The number of hydrogen-bond donors (Lipinski definition) is 0. The minimum atomic E-state index is 0.590. The molecule has 0 unspecified atom stereocenters. The molecule has 0 atom stereocenters. The first-order valence-corrected chi connectivity index (χ1v) is 8.89. The highest BCUT2D eigenvalue weighted by atomic mass is 32.1. The average molecular weight is 347 g/mol. The van der Waals surface area contributed by atoms with Crippen LogP contribution in [0.15, 0.2) is 55.8 Å². The van der Waals surface area contributed by atoms with E-state index in [0.717, 1.165) is 26.8 Å². The average Bonchev–Trinajstić information content (AvgIpc) is 3.29. The highest BCUT2D eigenvalue weighted by Gasteiger charge is 2.10. The fraction of sp³-hybridized carbons (Fsp3) is 0.250. The summed E-state index contributed by atoms with van der Waals surface area (Å²) in [4.78, 5) is 6.59. The standard InChI is InChI=1S/C16H17N3O2S2/c1-12(14-5-3-8-21-14)18-19-13(15-6-4-10-22-15)11-23-16(19)17-7-9-20-2/h3-6,8,10-11H,7,9H2,1-2H3. The Bertz CT molecular complexity index is 827. The van der Waals surface area contributed by atoms with Gasteiger partial charge in [0.15, 0.2) is 0 Å². The Kier molecular flexibility index (Phi) is 5.22. The first-order valence-electron chi connectivity index (χ1n) is 7.13. The van der Waals surface area contributed by atoms with Crippen molar-refractivity contribution in [2.45, 2.75) is 6.92 Å². The van der Waals surface area contributed by atoms with Crippen LogP contribution in [0.5, 0.6) is 0 Å². The van der Waals surface area contributed by atoms with Crippen LogP contribution < -0.4 is 4.80 Å². The summed E-state index contributed by atoms with van der Waals surface area (Å²) in [5.41, 5.74) is 1.84. The van der Waals surface area contributed by atoms with Crippen LogP contribution in [0.25, 0.3) is 10.6 Å². The zero-order chi connectivity index (χ0) is 16.1. The number of thiazole rings is 1. The van der Waals surface area contributed by atoms with Gasteiger partial charge in [0.1, 0.15) is 11.5 Å². The molecule has 3 heterocycles. The van der Waals surface area contributed by atoms with Crippen molar-refractivity contribution in [1.29, 1.82) is 0 Å². The van der Waals surface area contributed by atoms with Crippen LogP contribution in [-0.4, -0.2) is 30.6 Å². The summed E-state index contributed by atoms with van der Waals surface area (Å²) in [6, 6.07) is 7.88. The molecule has 23 heavy (non-hydrogen) atoms. The third kappa shape index (κ3) is 3.69. The second-order valence-electron chi connectivity index (χ2n) is 4.73. The van der Waals surface area contributed by atoms with Gasteiger partial charge in [-0.05, 0) is 30.5 Å². The van der Waals surface area contributed by atoms with Gasteiger partial charge >= 0.3 is 0 Å². The predicted molar refractivity (Wildman–Crippen MR) is 94.2 cm³/mol. The molecule has 7 heteroatoms. The van der Waals surface area contributed by atoms with Gasteiger partial charge in [-0.15, -0.1) is 22.7 Å². The molecule has 0 aliphatic rings. The van der Waals surface area contributed by atoms with Gasteiger partial charge in [-0.1, -0.05) is 6.07 Å². The molecule has 5 nitrogen and oxygen atoms in total. The molecule has 0 saturated carbocycles. The Balaban J connectivity index is 2.06. The number of hydrogen-bond acceptors (Lipinski definition) is 6. The van der Waals surface area contributed by atoms with Crippen LogP contribution in [-0.2, 0) is 4.74 Å². The Morgan fingerprint density at radius 3 is 2.91 bits per heavy atom. The summed E-state index contributed by atoms with van der Waals surface area (Å²) in [6.45, 7) is 3.13. The molecule has 0 amide bonds. The number of aromatic nitrogens is 1. The van der Waals surface area contributed by atoms with Crippen molar-refractivity contribution < 1.29 is 9.15 Å². The quantitative estimate of drug-likeness (QED) is 0.504. The number of furan rings is 1. The predicted octanol–water partition coefficient (Wildman–Crippen LogP) is 3.69. The lowest BCUT2D eigenvalue weighted by molar-refractivity contribution is 0.207. The maximum absolute atomic E-state index is 5.42. The largest absolute Gasteiger partial charge is 0.463 e. The van der Waals surface area contributed by atoms with Crippen molar-refractivity contribution >= 4 is 28.4 Å². The molecule has 0 N–H and O–H groups in total. The van der Waals surface area contributed by atoms with E-state index in [4.69, 9.17) is 14.3 Å². The summed E-state index contributed by atoms with van der Waals surface area (Å²) in [5, 5.41) is 8.86. The lowest BCUT2D eigenvalue weighted by Crippen LogP contribution is -2.15. The highest BCUT2D eigenvalue weighted by Crippen LogP contribution is 2.25. The van der Waals surface area contributed by atoms with E-state index in [1.54, 1.807) is 36.0 Å². The van der Waals surface area contributed by atoms with Gasteiger partial charge in [0.05, 0.1) is 30.0 Å². The molecule has 0 spiro atoms. The van der Waals surface area contributed by atoms with E-state index in [1.807, 2.05) is 29.8 Å². The summed E-state index contributed by atoms with van der Waals surface area (Å²) in [7, 11) is 1.67. The van der Waals surface area contributed by atoms with Gasteiger partial charge in [-0.2, -0.15) is 5.10 Å². The molecule has 3 aromatic rings. The smallest absolute Gasteiger partial charge is 0.206 e. The molecule has 0 aromatic carbocycles. The second-order valence-corrected chi connectivity index (χ2v) is 6.51. The number of methoxy groups -OCH3 is 1. The summed E-state index contributed by atoms with van der Waals surface area (Å²) in [6.07, 6.45) is 1.65. The molecule has 0 bridgehead atoms. The third-order valence-electron chi connectivity index (χ3n) is 3.13. The number of ether oxygens (including phenoxy) is 1. The van der Waals surface area contributed by atoms with Crippen molar-refractivity contribution in [2.75, 3.05) is 20.3 Å². The van der Waals surface area contributed by atoms with Crippen molar-refractivity contribution in [1.82, 2.24) is 4.68 Å². The van der Waals surface area contributed by atoms with E-state index in [9.17, 15) is 0 Å². The molecular weight excluding hydrogens is 330 g/mol. The van der Waals surface area contributed by atoms with Crippen molar-refractivity contribution in [3.05, 3.63) is 51.9 Å². The molecule has 0 aliphatic heterocycles. The fourth-order valence-electron chi connectivity index (χ4n) is 2.02. The maximum Gasteiger partial charge on any atom is 0.206 e. The molecular formula is C16H17N3O2S2. The Labute approximate surface area is 142 Å². The minimum Gasteiger partial charge on any atom is -0.463 e. The van der Waals surface area contributed by atoms with E-state index in [2.05, 4.69) is 21.8 Å². The second kappa shape index (κ2) is 7.54. The van der Waals surface area contributed by atoms with E-state index >= 15 is 0 Å². The Morgan fingerprint density at radius 1 is 1.30 bits per heavy atom. The monoisotopic (exact) mass is 347 g/mol. The van der Waals surface area contributed by atoms with Crippen molar-refractivity contribution in [3.8, 4) is 10.6 Å². The highest BCUT2D eigenvalue weighted by molar-refractivity contribution is 7.14. The summed E-state index contributed by atoms with van der Waals surface area (Å²) < 4.78 is 12.4. The zero-order valence-corrected chi connectivity index (χ0v) is 14.6. The van der Waals surface area contributed by atoms with Crippen LogP contribution in [0.3, 0.4) is 0 Å². The number of thiophene rings is 1. The van der Waals surface area contributed by atoms with E-state index in [0.29, 0.717) is 13.2 Å². The zero-order valence-electron chi connectivity index (χ0n) is 12.9. The van der Waals surface area contributed by atoms with Gasteiger partial charge in [-0.25, -0.2) is 4.68 Å². The molecule has 0 aliphatic carbocycles. The number of nitrogens with zero attached hydrogens (tertiary/aromatic N) is 3. The normalized spacial score (nSPS) is 13.0. The Morgan fingerprint density at radius 2 is 2.22 bits per heavy atom. The van der Waals surface area contributed by atoms with Crippen LogP contribution in [0, 0.1) is 0 Å². The van der Waals surface area contributed by atoms with E-state index in [1.165, 1.54) is 0 Å². The lowest BCUT2D eigenvalue weighted by atomic mass is 10.3. The molecule has 3 rings (SSSR count). The molecule has 0 fully saturated rings. The van der Waals surface area contributed by atoms with Gasteiger partial charge in [0, 0.05) is 12.5 Å². The lowest BCUT2D eigenvalue weighted by Gasteiger charge is -2.03. The first-order chi connectivity index (χ1) is 11.3. The topological polar surface area (TPSA) is 52.0 Å². The molecule has 0 saturated heterocycles. The van der Waals surface area contributed by atoms with Gasteiger partial charge < -0.3 is 9.15 Å². The van der Waals surface area contributed by atoms with Crippen LogP contribution >= 0.6 is 22.7 Å². The minimum absolute atomic E-state index is 0.590. The van der Waals surface area contributed by atoms with E-state index in [-0.39, 0.29) is 0 Å². The molecule has 120 valence electrons. The van der Waals surface area contributed by atoms with Crippen molar-refractivity contribution in [3.63, 3.8) is 0 Å².